The van der Waals surface area contributed by atoms with Crippen LogP contribution in [0, 0.1) is 0 Å². The van der Waals surface area contributed by atoms with Crippen LogP contribution < -0.4 is 15.4 Å². The fourth-order valence-corrected chi connectivity index (χ4v) is 2.95. The van der Waals surface area contributed by atoms with Crippen molar-refractivity contribution in [3.05, 3.63) is 54.6 Å². The van der Waals surface area contributed by atoms with E-state index in [4.69, 9.17) is 17.0 Å². The Bertz CT molecular complexity index is 617. The van der Waals surface area contributed by atoms with E-state index in [0.717, 1.165) is 23.7 Å². The third kappa shape index (κ3) is 6.93. The van der Waals surface area contributed by atoms with Crippen LogP contribution >= 0.6 is 24.0 Å². The molecule has 0 aromatic heterocycles. The monoisotopic (exact) mass is 346 g/mol. The number of benzene rings is 2. The van der Waals surface area contributed by atoms with Gasteiger partial charge in [-0.25, -0.2) is 0 Å². The molecule has 0 atom stereocenters. The molecule has 0 saturated heterocycles. The van der Waals surface area contributed by atoms with Gasteiger partial charge in [-0.05, 0) is 50.3 Å². The summed E-state index contributed by atoms with van der Waals surface area (Å²) in [7, 11) is 0. The zero-order valence-electron chi connectivity index (χ0n) is 13.4. The second-order valence-corrected chi connectivity index (χ2v) is 6.81. The summed E-state index contributed by atoms with van der Waals surface area (Å²) in [4.78, 5) is 1.27. The van der Waals surface area contributed by atoms with Gasteiger partial charge in [-0.2, -0.15) is 0 Å². The number of ether oxygens (including phenoxy) is 1. The Hall–Kier alpha value is -1.72. The molecule has 0 spiro atoms. The van der Waals surface area contributed by atoms with Crippen LogP contribution in [0.4, 0.5) is 5.69 Å². The first kappa shape index (κ1) is 17.6. The van der Waals surface area contributed by atoms with Gasteiger partial charge in [0.05, 0.1) is 6.10 Å². The summed E-state index contributed by atoms with van der Waals surface area (Å²) in [6.07, 6.45) is 0.158. The van der Waals surface area contributed by atoms with Gasteiger partial charge in [-0.3, -0.25) is 0 Å². The van der Waals surface area contributed by atoms with E-state index in [1.807, 2.05) is 68.1 Å². The normalized spacial score (nSPS) is 10.4. The summed E-state index contributed by atoms with van der Waals surface area (Å²) in [5.74, 6) is 1.80. The topological polar surface area (TPSA) is 33.3 Å². The first-order valence-electron chi connectivity index (χ1n) is 7.63. The summed E-state index contributed by atoms with van der Waals surface area (Å²) in [6, 6.07) is 18.2. The van der Waals surface area contributed by atoms with Crippen LogP contribution in [0.15, 0.2) is 59.5 Å². The highest BCUT2D eigenvalue weighted by Crippen LogP contribution is 2.18. The van der Waals surface area contributed by atoms with Crippen LogP contribution in [0.5, 0.6) is 5.75 Å². The van der Waals surface area contributed by atoms with E-state index in [9.17, 15) is 0 Å². The number of hydrogen-bond donors (Lipinski definition) is 2. The Kier molecular flexibility index (Phi) is 7.23. The Balaban J connectivity index is 1.72. The zero-order valence-corrected chi connectivity index (χ0v) is 15.0. The van der Waals surface area contributed by atoms with E-state index in [0.29, 0.717) is 5.11 Å². The van der Waals surface area contributed by atoms with E-state index in [1.54, 1.807) is 0 Å². The van der Waals surface area contributed by atoms with Gasteiger partial charge in [0.25, 0.3) is 0 Å². The Labute approximate surface area is 147 Å². The lowest BCUT2D eigenvalue weighted by atomic mass is 10.3. The molecule has 0 bridgehead atoms. The second-order valence-electron chi connectivity index (χ2n) is 5.24. The van der Waals surface area contributed by atoms with Gasteiger partial charge in [0.1, 0.15) is 5.75 Å². The lowest BCUT2D eigenvalue weighted by molar-refractivity contribution is 0.242. The Morgan fingerprint density at radius 1 is 1.13 bits per heavy atom. The third-order valence-corrected chi connectivity index (χ3v) is 4.12. The van der Waals surface area contributed by atoms with Crippen molar-refractivity contribution in [3.63, 3.8) is 0 Å². The van der Waals surface area contributed by atoms with Crippen molar-refractivity contribution >= 4 is 34.8 Å². The smallest absolute Gasteiger partial charge is 0.170 e. The van der Waals surface area contributed by atoms with Gasteiger partial charge >= 0.3 is 0 Å². The van der Waals surface area contributed by atoms with Crippen molar-refractivity contribution in [3.8, 4) is 5.75 Å². The SMILES string of the molecule is CC(C)Oc1cccc(NC(=S)NCCSc2ccccc2)c1. The van der Waals surface area contributed by atoms with Crippen molar-refractivity contribution in [1.82, 2.24) is 5.32 Å². The van der Waals surface area contributed by atoms with Gasteiger partial charge < -0.3 is 15.4 Å². The number of anilines is 1. The first-order chi connectivity index (χ1) is 11.1. The minimum Gasteiger partial charge on any atom is -0.491 e. The fraction of sp³-hybridized carbons (Fsp3) is 0.278. The summed E-state index contributed by atoms with van der Waals surface area (Å²) >= 11 is 7.13. The molecule has 3 nitrogen and oxygen atoms in total. The Morgan fingerprint density at radius 3 is 2.65 bits per heavy atom. The van der Waals surface area contributed by atoms with Gasteiger partial charge in [0, 0.05) is 28.9 Å². The van der Waals surface area contributed by atoms with Crippen LogP contribution in [0.2, 0.25) is 0 Å². The van der Waals surface area contributed by atoms with Crippen molar-refractivity contribution in [1.29, 1.82) is 0 Å². The largest absolute Gasteiger partial charge is 0.491 e. The maximum atomic E-state index is 5.68. The molecule has 2 N–H and O–H groups in total. The standard InChI is InChI=1S/C18H22N2OS2/c1-14(2)21-16-8-6-7-15(13-16)20-18(22)19-11-12-23-17-9-4-3-5-10-17/h3-10,13-14H,11-12H2,1-2H3,(H2,19,20,22). The first-order valence-corrected chi connectivity index (χ1v) is 9.02. The molecular formula is C18H22N2OS2. The molecule has 0 amide bonds. The maximum Gasteiger partial charge on any atom is 0.170 e. The molecule has 5 heteroatoms. The number of thioether (sulfide) groups is 1. The molecule has 0 fully saturated rings. The predicted octanol–water partition coefficient (Wildman–Crippen LogP) is 4.55. The molecule has 2 aromatic rings. The van der Waals surface area contributed by atoms with E-state index in [1.165, 1.54) is 4.90 Å². The van der Waals surface area contributed by atoms with E-state index < -0.39 is 0 Å². The molecule has 2 rings (SSSR count). The molecule has 122 valence electrons. The van der Waals surface area contributed by atoms with Gasteiger partial charge in [0.15, 0.2) is 5.11 Å². The van der Waals surface area contributed by atoms with Crippen LogP contribution in [0.3, 0.4) is 0 Å². The van der Waals surface area contributed by atoms with Crippen molar-refractivity contribution < 1.29 is 4.74 Å². The van der Waals surface area contributed by atoms with E-state index in [-0.39, 0.29) is 6.10 Å². The molecule has 0 unspecified atom stereocenters. The molecule has 0 aliphatic carbocycles. The van der Waals surface area contributed by atoms with E-state index >= 15 is 0 Å². The quantitative estimate of drug-likeness (QED) is 0.436. The number of rotatable bonds is 7. The molecule has 0 heterocycles. The minimum absolute atomic E-state index is 0.158. The fourth-order valence-electron chi connectivity index (χ4n) is 1.94. The van der Waals surface area contributed by atoms with Crippen molar-refractivity contribution in [2.45, 2.75) is 24.8 Å². The molecule has 2 aromatic carbocycles. The van der Waals surface area contributed by atoms with Crippen molar-refractivity contribution in [2.24, 2.45) is 0 Å². The summed E-state index contributed by atoms with van der Waals surface area (Å²) in [5, 5.41) is 7.03. The van der Waals surface area contributed by atoms with Gasteiger partial charge in [-0.15, -0.1) is 11.8 Å². The van der Waals surface area contributed by atoms with Crippen molar-refractivity contribution in [2.75, 3.05) is 17.6 Å². The van der Waals surface area contributed by atoms with Gasteiger partial charge in [-0.1, -0.05) is 24.3 Å². The highest BCUT2D eigenvalue weighted by atomic mass is 32.2. The molecular weight excluding hydrogens is 324 g/mol. The number of nitrogens with one attached hydrogen (secondary N) is 2. The maximum absolute atomic E-state index is 5.68. The molecule has 0 saturated carbocycles. The van der Waals surface area contributed by atoms with E-state index in [2.05, 4.69) is 22.8 Å². The minimum atomic E-state index is 0.158. The lowest BCUT2D eigenvalue weighted by Gasteiger charge is -2.13. The number of hydrogen-bond acceptors (Lipinski definition) is 3. The summed E-state index contributed by atoms with van der Waals surface area (Å²) in [6.45, 7) is 4.83. The highest BCUT2D eigenvalue weighted by Gasteiger charge is 2.01. The molecule has 0 aliphatic heterocycles. The van der Waals surface area contributed by atoms with Gasteiger partial charge in [0.2, 0.25) is 0 Å². The van der Waals surface area contributed by atoms with Crippen LogP contribution in [0.1, 0.15) is 13.8 Å². The molecule has 0 aliphatic rings. The van der Waals surface area contributed by atoms with Crippen LogP contribution in [0.25, 0.3) is 0 Å². The lowest BCUT2D eigenvalue weighted by Crippen LogP contribution is -2.30. The highest BCUT2D eigenvalue weighted by molar-refractivity contribution is 7.99. The second kappa shape index (κ2) is 9.43. The average molecular weight is 347 g/mol. The molecule has 23 heavy (non-hydrogen) atoms. The summed E-state index contributed by atoms with van der Waals surface area (Å²) in [5.41, 5.74) is 0.927. The third-order valence-electron chi connectivity index (χ3n) is 2.86. The Morgan fingerprint density at radius 2 is 1.91 bits per heavy atom. The predicted molar refractivity (Wildman–Crippen MR) is 104 cm³/mol. The summed E-state index contributed by atoms with van der Waals surface area (Å²) < 4.78 is 5.68. The molecule has 0 radical (unpaired) electrons. The zero-order chi connectivity index (χ0) is 16.5. The number of thiocarbonyl (C=S) groups is 1. The van der Waals surface area contributed by atoms with Crippen LogP contribution in [-0.4, -0.2) is 23.5 Å². The average Bonchev–Trinajstić information content (AvgIpc) is 2.52. The van der Waals surface area contributed by atoms with Crippen LogP contribution in [-0.2, 0) is 0 Å².